The monoisotopic (exact) mass is 210 g/mol. The predicted molar refractivity (Wildman–Crippen MR) is 61.3 cm³/mol. The number of hydrogen-bond donors (Lipinski definition) is 2. The molecule has 0 radical (unpaired) electrons. The molecule has 1 rings (SSSR count). The summed E-state index contributed by atoms with van der Waals surface area (Å²) in [6, 6.07) is 0. The van der Waals surface area contributed by atoms with Crippen molar-refractivity contribution in [3.05, 3.63) is 11.9 Å². The summed E-state index contributed by atoms with van der Waals surface area (Å²) < 4.78 is 0. The second-order valence-corrected chi connectivity index (χ2v) is 3.27. The minimum Gasteiger partial charge on any atom is -0.395 e. The first kappa shape index (κ1) is 11.7. The number of likely N-dealkylation sites (N-methyl/N-ethyl adjacent to an activating group) is 1. The molecule has 0 aliphatic rings. The Labute approximate surface area is 90.2 Å². The topological polar surface area (TPSA) is 61.3 Å². The van der Waals surface area contributed by atoms with E-state index in [0.717, 1.165) is 23.6 Å². The predicted octanol–water partition coefficient (Wildman–Crippen LogP) is 0.509. The zero-order chi connectivity index (χ0) is 11.3. The Hall–Kier alpha value is -1.36. The number of rotatable bonds is 5. The molecular weight excluding hydrogens is 192 g/mol. The lowest BCUT2D eigenvalue weighted by Crippen LogP contribution is -2.24. The number of nitrogens with zero attached hydrogens (tertiary/aromatic N) is 3. The van der Waals surface area contributed by atoms with Gasteiger partial charge in [-0.2, -0.15) is 0 Å². The van der Waals surface area contributed by atoms with Gasteiger partial charge in [-0.3, -0.25) is 0 Å². The molecule has 15 heavy (non-hydrogen) atoms. The Bertz CT molecular complexity index is 316. The van der Waals surface area contributed by atoms with Crippen molar-refractivity contribution in [1.82, 2.24) is 9.97 Å². The number of hydrogen-bond acceptors (Lipinski definition) is 5. The summed E-state index contributed by atoms with van der Waals surface area (Å²) in [4.78, 5) is 10.3. The average Bonchev–Trinajstić information content (AvgIpc) is 2.28. The first-order chi connectivity index (χ1) is 7.24. The van der Waals surface area contributed by atoms with Gasteiger partial charge < -0.3 is 15.3 Å². The maximum Gasteiger partial charge on any atom is 0.137 e. The van der Waals surface area contributed by atoms with Gasteiger partial charge in [-0.05, 0) is 6.42 Å². The second-order valence-electron chi connectivity index (χ2n) is 3.27. The molecule has 0 unspecified atom stereocenters. The highest BCUT2D eigenvalue weighted by molar-refractivity contribution is 5.58. The van der Waals surface area contributed by atoms with Gasteiger partial charge in [-0.1, -0.05) is 6.92 Å². The van der Waals surface area contributed by atoms with Crippen molar-refractivity contribution in [2.45, 2.75) is 13.3 Å². The van der Waals surface area contributed by atoms with Gasteiger partial charge in [0.1, 0.15) is 18.0 Å². The maximum atomic E-state index is 8.89. The molecule has 0 saturated heterocycles. The van der Waals surface area contributed by atoms with E-state index >= 15 is 0 Å². The molecule has 0 aliphatic heterocycles. The first-order valence-electron chi connectivity index (χ1n) is 5.08. The lowest BCUT2D eigenvalue weighted by molar-refractivity contribution is 0.303. The minimum atomic E-state index is 0.124. The van der Waals surface area contributed by atoms with E-state index in [1.165, 1.54) is 6.33 Å². The zero-order valence-corrected chi connectivity index (χ0v) is 9.49. The molecule has 5 nitrogen and oxygen atoms in total. The summed E-state index contributed by atoms with van der Waals surface area (Å²) in [6.07, 6.45) is 2.40. The minimum absolute atomic E-state index is 0.124. The van der Waals surface area contributed by atoms with Gasteiger partial charge in [0.2, 0.25) is 0 Å². The van der Waals surface area contributed by atoms with E-state index in [9.17, 15) is 0 Å². The van der Waals surface area contributed by atoms with Crippen molar-refractivity contribution in [3.8, 4) is 0 Å². The van der Waals surface area contributed by atoms with Gasteiger partial charge in [0, 0.05) is 26.2 Å². The van der Waals surface area contributed by atoms with Crippen LogP contribution in [0.15, 0.2) is 6.33 Å². The number of aromatic nitrogens is 2. The van der Waals surface area contributed by atoms with Crippen molar-refractivity contribution >= 4 is 11.6 Å². The molecule has 1 aromatic heterocycles. The smallest absolute Gasteiger partial charge is 0.137 e. The molecule has 0 fully saturated rings. The molecule has 0 aliphatic carbocycles. The fourth-order valence-electron chi connectivity index (χ4n) is 1.53. The van der Waals surface area contributed by atoms with E-state index in [2.05, 4.69) is 22.2 Å². The van der Waals surface area contributed by atoms with Crippen LogP contribution in [-0.2, 0) is 6.42 Å². The molecule has 1 aromatic rings. The number of anilines is 2. The normalized spacial score (nSPS) is 10.1. The van der Waals surface area contributed by atoms with Crippen LogP contribution in [0.5, 0.6) is 0 Å². The summed E-state index contributed by atoms with van der Waals surface area (Å²) in [6.45, 7) is 2.77. The van der Waals surface area contributed by atoms with E-state index in [-0.39, 0.29) is 6.61 Å². The van der Waals surface area contributed by atoms with Crippen molar-refractivity contribution in [3.63, 3.8) is 0 Å². The van der Waals surface area contributed by atoms with Crippen LogP contribution in [0.3, 0.4) is 0 Å². The summed E-state index contributed by atoms with van der Waals surface area (Å²) in [7, 11) is 3.76. The Kier molecular flexibility index (Phi) is 4.30. The van der Waals surface area contributed by atoms with Crippen molar-refractivity contribution in [2.75, 3.05) is 37.5 Å². The number of aliphatic hydroxyl groups is 1. The average molecular weight is 210 g/mol. The maximum absolute atomic E-state index is 8.89. The third kappa shape index (κ3) is 2.56. The van der Waals surface area contributed by atoms with Gasteiger partial charge in [-0.15, -0.1) is 0 Å². The zero-order valence-electron chi connectivity index (χ0n) is 9.49. The molecule has 5 heteroatoms. The molecule has 0 aromatic carbocycles. The molecule has 0 saturated carbocycles. The van der Waals surface area contributed by atoms with E-state index in [0.29, 0.717) is 6.54 Å². The van der Waals surface area contributed by atoms with Gasteiger partial charge in [0.15, 0.2) is 0 Å². The van der Waals surface area contributed by atoms with Gasteiger partial charge >= 0.3 is 0 Å². The Morgan fingerprint density at radius 1 is 1.47 bits per heavy atom. The summed E-state index contributed by atoms with van der Waals surface area (Å²) in [5.41, 5.74) is 1.08. The van der Waals surface area contributed by atoms with Crippen molar-refractivity contribution in [2.24, 2.45) is 0 Å². The van der Waals surface area contributed by atoms with E-state index in [4.69, 9.17) is 5.11 Å². The standard InChI is InChI=1S/C10H18N4O/c1-4-8-9(11-2)12-7-13-10(8)14(3)5-6-15/h7,15H,4-6H2,1-3H3,(H,11,12,13). The van der Waals surface area contributed by atoms with Crippen LogP contribution in [0.2, 0.25) is 0 Å². The van der Waals surface area contributed by atoms with Crippen molar-refractivity contribution < 1.29 is 5.11 Å². The van der Waals surface area contributed by atoms with Crippen LogP contribution in [0.1, 0.15) is 12.5 Å². The molecular formula is C10H18N4O. The second kappa shape index (κ2) is 5.50. The van der Waals surface area contributed by atoms with Gasteiger partial charge in [0.05, 0.1) is 6.61 Å². The molecule has 1 heterocycles. The molecule has 0 amide bonds. The van der Waals surface area contributed by atoms with Crippen molar-refractivity contribution in [1.29, 1.82) is 0 Å². The quantitative estimate of drug-likeness (QED) is 0.741. The van der Waals surface area contributed by atoms with E-state index in [1.54, 1.807) is 0 Å². The van der Waals surface area contributed by atoms with Crippen LogP contribution in [0.4, 0.5) is 11.6 Å². The van der Waals surface area contributed by atoms with Gasteiger partial charge in [0.25, 0.3) is 0 Å². The fraction of sp³-hybridized carbons (Fsp3) is 0.600. The van der Waals surface area contributed by atoms with Gasteiger partial charge in [-0.25, -0.2) is 9.97 Å². The summed E-state index contributed by atoms with van der Waals surface area (Å²) >= 11 is 0. The lowest BCUT2D eigenvalue weighted by atomic mass is 10.2. The number of nitrogens with one attached hydrogen (secondary N) is 1. The van der Waals surface area contributed by atoms with Crippen LogP contribution in [0.25, 0.3) is 0 Å². The highest BCUT2D eigenvalue weighted by Crippen LogP contribution is 2.22. The molecule has 0 bridgehead atoms. The molecule has 84 valence electrons. The van der Waals surface area contributed by atoms with Crippen LogP contribution >= 0.6 is 0 Å². The SMILES string of the molecule is CCc1c(NC)ncnc1N(C)CCO. The van der Waals surface area contributed by atoms with Crippen LogP contribution in [0, 0.1) is 0 Å². The Morgan fingerprint density at radius 3 is 2.73 bits per heavy atom. The third-order valence-corrected chi connectivity index (χ3v) is 2.31. The summed E-state index contributed by atoms with van der Waals surface area (Å²) in [5.74, 6) is 1.73. The summed E-state index contributed by atoms with van der Waals surface area (Å²) in [5, 5.41) is 11.9. The molecule has 2 N–H and O–H groups in total. The van der Waals surface area contributed by atoms with E-state index < -0.39 is 0 Å². The van der Waals surface area contributed by atoms with Crippen LogP contribution in [-0.4, -0.2) is 42.3 Å². The molecule has 0 atom stereocenters. The third-order valence-electron chi connectivity index (χ3n) is 2.31. The lowest BCUT2D eigenvalue weighted by Gasteiger charge is -2.20. The highest BCUT2D eigenvalue weighted by atomic mass is 16.3. The Morgan fingerprint density at radius 2 is 2.20 bits per heavy atom. The van der Waals surface area contributed by atoms with Crippen LogP contribution < -0.4 is 10.2 Å². The highest BCUT2D eigenvalue weighted by Gasteiger charge is 2.11. The Balaban J connectivity index is 3.05. The largest absolute Gasteiger partial charge is 0.395 e. The van der Waals surface area contributed by atoms with E-state index in [1.807, 2.05) is 19.0 Å². The fourth-order valence-corrected chi connectivity index (χ4v) is 1.53. The number of aliphatic hydroxyl groups excluding tert-OH is 1. The first-order valence-corrected chi connectivity index (χ1v) is 5.08. The molecule has 0 spiro atoms.